The van der Waals surface area contributed by atoms with E-state index in [1.165, 1.54) is 48.5 Å². The summed E-state index contributed by atoms with van der Waals surface area (Å²) in [4.78, 5) is 54.7. The van der Waals surface area contributed by atoms with Crippen molar-refractivity contribution in [3.8, 4) is 44.5 Å². The van der Waals surface area contributed by atoms with Crippen LogP contribution in [0.4, 0.5) is 17.6 Å². The molecule has 16 rings (SSSR count). The number of aliphatic hydroxyl groups excluding tert-OH is 6. The summed E-state index contributed by atoms with van der Waals surface area (Å²) in [5.74, 6) is -3.46. The van der Waals surface area contributed by atoms with E-state index < -0.39 is 73.6 Å². The molecule has 2 saturated heterocycles. The minimum Gasteiger partial charge on any atom is -0.481 e. The van der Waals surface area contributed by atoms with E-state index in [0.29, 0.717) is 24.7 Å². The number of benzene rings is 8. The van der Waals surface area contributed by atoms with Crippen molar-refractivity contribution in [3.63, 3.8) is 0 Å². The number of esters is 2. The summed E-state index contributed by atoms with van der Waals surface area (Å²) in [6.45, 7) is 8.35. The van der Waals surface area contributed by atoms with Gasteiger partial charge >= 0.3 is 23.9 Å². The summed E-state index contributed by atoms with van der Waals surface area (Å²) in [6.07, 6.45) is 11.8. The predicted octanol–water partition coefficient (Wildman–Crippen LogP) is 19.3. The quantitative estimate of drug-likeness (QED) is 0.0206. The minimum atomic E-state index is -1.13. The molecule has 12 aromatic rings. The van der Waals surface area contributed by atoms with Crippen molar-refractivity contribution < 1.29 is 87.1 Å². The summed E-state index contributed by atoms with van der Waals surface area (Å²) in [5.41, 5.74) is 16.9. The number of ether oxygens (including phenoxy) is 2. The summed E-state index contributed by atoms with van der Waals surface area (Å²) >= 11 is 0. The Bertz CT molecular complexity index is 5790. The zero-order chi connectivity index (χ0) is 85.0. The van der Waals surface area contributed by atoms with Crippen molar-refractivity contribution in [1.82, 2.24) is 19.1 Å². The number of nitrogens with zero attached hydrogens (tertiary/aromatic N) is 4. The Hall–Kier alpha value is -12.0. The lowest BCUT2D eigenvalue weighted by Gasteiger charge is -2.23. The van der Waals surface area contributed by atoms with Crippen molar-refractivity contribution in [1.29, 1.82) is 0 Å². The molecule has 4 aromatic heterocycles. The van der Waals surface area contributed by atoms with Crippen LogP contribution >= 0.6 is 0 Å². The van der Waals surface area contributed by atoms with Gasteiger partial charge in [-0.1, -0.05) is 146 Å². The number of fused-ring (bicyclic) bond motifs is 4. The molecule has 2 aliphatic carbocycles. The number of carboxylic acid groups (broad SMARTS) is 2. The fraction of sp³-hybridized carbons (Fsp3) is 0.286. The fourth-order valence-corrected chi connectivity index (χ4v) is 15.8. The molecule has 4 fully saturated rings. The maximum atomic E-state index is 13.6. The molecule has 18 nitrogen and oxygen atoms in total. The number of hydrogen-bond acceptors (Lipinski definition) is 14. The number of aliphatic carboxylic acids is 2. The molecule has 2 saturated carbocycles. The molecule has 0 amide bonds. The molecule has 8 aromatic carbocycles. The maximum absolute atomic E-state index is 13.6. The molecular formula is C98H96F4N4O14. The van der Waals surface area contributed by atoms with E-state index in [1.807, 2.05) is 109 Å². The molecule has 8 atom stereocenters. The van der Waals surface area contributed by atoms with Crippen LogP contribution in [0.3, 0.4) is 0 Å². The second-order valence-corrected chi connectivity index (χ2v) is 31.5. The normalized spacial score (nSPS) is 17.9. The van der Waals surface area contributed by atoms with Crippen LogP contribution in [0.15, 0.2) is 218 Å². The van der Waals surface area contributed by atoms with Gasteiger partial charge in [0.05, 0.1) is 84.7 Å². The van der Waals surface area contributed by atoms with E-state index in [2.05, 4.69) is 49.0 Å². The molecule has 6 heterocycles. The lowest BCUT2D eigenvalue weighted by atomic mass is 9.92. The fourth-order valence-electron chi connectivity index (χ4n) is 15.8. The molecule has 0 bridgehead atoms. The third-order valence-electron chi connectivity index (χ3n) is 21.4. The molecule has 4 aliphatic rings. The van der Waals surface area contributed by atoms with Gasteiger partial charge in [-0.05, 0) is 173 Å². The molecule has 22 heteroatoms. The van der Waals surface area contributed by atoms with Crippen molar-refractivity contribution in [3.05, 3.63) is 276 Å². The van der Waals surface area contributed by atoms with E-state index in [-0.39, 0.29) is 73.0 Å². The molecule has 620 valence electrons. The summed E-state index contributed by atoms with van der Waals surface area (Å²) in [5, 5.41) is 81.6. The highest BCUT2D eigenvalue weighted by Gasteiger charge is 2.34. The zero-order valence-electron chi connectivity index (χ0n) is 66.8. The van der Waals surface area contributed by atoms with Gasteiger partial charge in [0.1, 0.15) is 35.5 Å². The van der Waals surface area contributed by atoms with Gasteiger partial charge in [-0.15, -0.1) is 0 Å². The van der Waals surface area contributed by atoms with E-state index >= 15 is 0 Å². The lowest BCUT2D eigenvalue weighted by Crippen LogP contribution is -2.31. The largest absolute Gasteiger partial charge is 0.481 e. The number of carbonyl (C=O) groups excluding carboxylic acids is 2. The SMILES string of the molecule is CC(C)n1c(/C=C/[C@@H](O)C[C@@H](O)CC(=O)O)c(-c2ccc(F)cc2)c2ccccc21.CC(C)n1c(/C=C/[C@@H]2C[C@@H](O)CC(=O)O2)c(-c2ccc(F)cc2)c2ccccc21.O=C(O)C[C@H](O)C[C@H](O)/C=C/c1c(C2CC2)nc2ccccc2c1-c1ccc(F)cc1.O=C1C[C@H](O)C[C@@H](/C=C/c2c(C3CC3)nc3ccccc3c2-c2ccc(F)cc2)O1. The van der Waals surface area contributed by atoms with Crippen LogP contribution in [0.1, 0.15) is 163 Å². The first-order valence-corrected chi connectivity index (χ1v) is 40.5. The van der Waals surface area contributed by atoms with E-state index in [9.17, 15) is 67.4 Å². The molecular weight excluding hydrogens is 1530 g/mol. The zero-order valence-corrected chi connectivity index (χ0v) is 66.8. The Morgan fingerprint density at radius 3 is 1.12 bits per heavy atom. The third-order valence-corrected chi connectivity index (χ3v) is 21.4. The summed E-state index contributed by atoms with van der Waals surface area (Å²) < 4.78 is 69.3. The van der Waals surface area contributed by atoms with Gasteiger partial charge in [0, 0.05) is 127 Å². The van der Waals surface area contributed by atoms with Crippen molar-refractivity contribution in [2.45, 2.75) is 177 Å². The number of carbonyl (C=O) groups is 4. The number of hydrogen-bond donors (Lipinski definition) is 8. The van der Waals surface area contributed by atoms with Crippen molar-refractivity contribution >= 4 is 91.8 Å². The predicted molar refractivity (Wildman–Crippen MR) is 458 cm³/mol. The van der Waals surface area contributed by atoms with Gasteiger partial charge in [0.2, 0.25) is 0 Å². The number of carboxylic acids is 2. The Kier molecular flexibility index (Phi) is 27.8. The van der Waals surface area contributed by atoms with Crippen LogP contribution in [0, 0.1) is 23.3 Å². The summed E-state index contributed by atoms with van der Waals surface area (Å²) in [7, 11) is 0. The second kappa shape index (κ2) is 38.8. The maximum Gasteiger partial charge on any atom is 0.309 e. The van der Waals surface area contributed by atoms with E-state index in [0.717, 1.165) is 148 Å². The van der Waals surface area contributed by atoms with Crippen LogP contribution in [0.25, 0.3) is 112 Å². The molecule has 2 aliphatic heterocycles. The highest BCUT2D eigenvalue weighted by Crippen LogP contribution is 2.48. The smallest absolute Gasteiger partial charge is 0.309 e. The number of para-hydroxylation sites is 4. The van der Waals surface area contributed by atoms with E-state index in [1.54, 1.807) is 72.8 Å². The van der Waals surface area contributed by atoms with E-state index in [4.69, 9.17) is 29.7 Å². The van der Waals surface area contributed by atoms with Gasteiger partial charge in [0.25, 0.3) is 0 Å². The first-order valence-electron chi connectivity index (χ1n) is 40.5. The van der Waals surface area contributed by atoms with Crippen LogP contribution in [-0.2, 0) is 28.7 Å². The number of cyclic esters (lactones) is 2. The average molecular weight is 1630 g/mol. The minimum absolute atomic E-state index is 0.0377. The van der Waals surface area contributed by atoms with Gasteiger partial charge in [0.15, 0.2) is 0 Å². The Balaban J connectivity index is 0.000000138. The number of rotatable bonds is 24. The topological polar surface area (TPSA) is 284 Å². The lowest BCUT2D eigenvalue weighted by molar-refractivity contribution is -0.157. The Morgan fingerprint density at radius 2 is 0.758 bits per heavy atom. The van der Waals surface area contributed by atoms with Crippen LogP contribution in [0.5, 0.6) is 0 Å². The van der Waals surface area contributed by atoms with Gasteiger partial charge < -0.3 is 59.5 Å². The van der Waals surface area contributed by atoms with Crippen LogP contribution in [-0.4, -0.2) is 133 Å². The first-order chi connectivity index (χ1) is 57.7. The number of aromatic nitrogens is 4. The molecule has 8 N–H and O–H groups in total. The van der Waals surface area contributed by atoms with Crippen molar-refractivity contribution in [2.75, 3.05) is 0 Å². The number of aliphatic hydroxyl groups is 6. The first kappa shape index (κ1) is 85.8. The molecule has 0 radical (unpaired) electrons. The third kappa shape index (κ3) is 21.3. The molecule has 0 spiro atoms. The monoisotopic (exact) mass is 1630 g/mol. The molecule has 120 heavy (non-hydrogen) atoms. The number of halogens is 4. The summed E-state index contributed by atoms with van der Waals surface area (Å²) in [6, 6.07) is 57.8. The van der Waals surface area contributed by atoms with Gasteiger partial charge in [-0.3, -0.25) is 29.1 Å². The average Bonchev–Trinajstić information content (AvgIpc) is 1.48. The standard InChI is InChI=1S/C25H24FNO4.C25H22FNO3.C24H26FNO4.C24H24FNO3/c26-17-9-7-15(8-10-17)24-20-3-1-2-4-22(20)27-25(16-5-6-16)21(24)12-11-18(28)13-19(29)14-23(30)31;26-17-9-7-15(8-10-17)24-20-3-1-2-4-22(20)27-25(16-5-6-16)21(24)12-11-19-13-18(28)14-23(29)30-19;1-15(2)26-21-6-4-3-5-20(21)24(16-7-9-17(25)10-8-16)22(26)12-11-18(27)13-19(28)14-23(29)30;1-15(2)26-21-6-4-3-5-20(21)24(16-7-9-17(25)10-8-16)22(26)12-11-19-13-18(27)14-23(28)29-19/h1-4,7-12,16,18-19,28-29H,5-6,13-14H2,(H,30,31);1-4,7-12,16,18-19,28H,5-6,13-14H2;3-12,15,18-19,27-28H,13-14H2,1-2H3,(H,29,30);3-12,15,18-19,27H,13-14H2,1-2H3/b4*12-11+/t4*18-,19-/m1111/s1. The van der Waals surface area contributed by atoms with Gasteiger partial charge in [-0.25, -0.2) is 17.6 Å². The highest BCUT2D eigenvalue weighted by molar-refractivity contribution is 6.04. The Morgan fingerprint density at radius 1 is 0.433 bits per heavy atom. The van der Waals surface area contributed by atoms with Crippen molar-refractivity contribution in [2.24, 2.45) is 0 Å². The van der Waals surface area contributed by atoms with Crippen LogP contribution < -0.4 is 0 Å². The number of pyridine rings is 2. The van der Waals surface area contributed by atoms with Gasteiger partial charge in [-0.2, -0.15) is 0 Å². The van der Waals surface area contributed by atoms with Crippen LogP contribution in [0.2, 0.25) is 0 Å². The molecule has 0 unspecified atom stereocenters. The second-order valence-electron chi connectivity index (χ2n) is 31.5. The highest BCUT2D eigenvalue weighted by atomic mass is 19.1. The Labute approximate surface area is 692 Å².